The highest BCUT2D eigenvalue weighted by Gasteiger charge is 2.08. The van der Waals surface area contributed by atoms with Crippen molar-refractivity contribution in [3.05, 3.63) is 54.0 Å². The Bertz CT molecular complexity index is 663. The third-order valence-corrected chi connectivity index (χ3v) is 3.40. The van der Waals surface area contributed by atoms with Gasteiger partial charge >= 0.3 is 0 Å². The summed E-state index contributed by atoms with van der Waals surface area (Å²) < 4.78 is 10.6. The minimum atomic E-state index is -0.269. The average Bonchev–Trinajstić information content (AvgIpc) is 3.12. The highest BCUT2D eigenvalue weighted by atomic mass is 16.5. The van der Waals surface area contributed by atoms with E-state index in [1.54, 1.807) is 12.1 Å². The van der Waals surface area contributed by atoms with Gasteiger partial charge < -0.3 is 19.8 Å². The SMILES string of the molecule is CC(C)Oc1ccc(CNC(=O)CCCNC(=O)c2ccco2)cc1. The van der Waals surface area contributed by atoms with E-state index >= 15 is 0 Å². The van der Waals surface area contributed by atoms with Crippen LogP contribution in [0.1, 0.15) is 42.8 Å². The first-order chi connectivity index (χ1) is 12.0. The molecule has 0 saturated heterocycles. The fourth-order valence-electron chi connectivity index (χ4n) is 2.19. The quantitative estimate of drug-likeness (QED) is 0.686. The first kappa shape index (κ1) is 18.6. The van der Waals surface area contributed by atoms with Gasteiger partial charge in [0.25, 0.3) is 5.91 Å². The largest absolute Gasteiger partial charge is 0.491 e. The molecule has 0 saturated carbocycles. The minimum Gasteiger partial charge on any atom is -0.491 e. The van der Waals surface area contributed by atoms with Gasteiger partial charge in [-0.2, -0.15) is 0 Å². The molecular weight excluding hydrogens is 320 g/mol. The Morgan fingerprint density at radius 1 is 1.12 bits per heavy atom. The van der Waals surface area contributed by atoms with E-state index in [-0.39, 0.29) is 23.7 Å². The number of amides is 2. The molecule has 1 aromatic carbocycles. The van der Waals surface area contributed by atoms with Crippen molar-refractivity contribution in [2.24, 2.45) is 0 Å². The van der Waals surface area contributed by atoms with Gasteiger partial charge in [0, 0.05) is 19.5 Å². The van der Waals surface area contributed by atoms with Crippen LogP contribution in [0.2, 0.25) is 0 Å². The normalized spacial score (nSPS) is 10.5. The zero-order valence-corrected chi connectivity index (χ0v) is 14.6. The third kappa shape index (κ3) is 6.71. The van der Waals surface area contributed by atoms with Crippen LogP contribution in [0.4, 0.5) is 0 Å². The molecule has 2 rings (SSSR count). The number of hydrogen-bond donors (Lipinski definition) is 2. The van der Waals surface area contributed by atoms with Crippen molar-refractivity contribution in [1.82, 2.24) is 10.6 Å². The van der Waals surface area contributed by atoms with Crippen molar-refractivity contribution in [2.75, 3.05) is 6.54 Å². The van der Waals surface area contributed by atoms with Gasteiger partial charge in [-0.25, -0.2) is 0 Å². The smallest absolute Gasteiger partial charge is 0.286 e. The van der Waals surface area contributed by atoms with Crippen LogP contribution in [-0.4, -0.2) is 24.5 Å². The van der Waals surface area contributed by atoms with Crippen molar-refractivity contribution in [3.8, 4) is 5.75 Å². The maximum Gasteiger partial charge on any atom is 0.286 e. The van der Waals surface area contributed by atoms with Crippen LogP contribution in [-0.2, 0) is 11.3 Å². The summed E-state index contributed by atoms with van der Waals surface area (Å²) in [5.41, 5.74) is 1.01. The topological polar surface area (TPSA) is 80.6 Å². The van der Waals surface area contributed by atoms with Gasteiger partial charge in [-0.15, -0.1) is 0 Å². The molecule has 0 unspecified atom stereocenters. The summed E-state index contributed by atoms with van der Waals surface area (Å²) in [6, 6.07) is 10.9. The number of nitrogens with one attached hydrogen (secondary N) is 2. The van der Waals surface area contributed by atoms with E-state index in [2.05, 4.69) is 10.6 Å². The van der Waals surface area contributed by atoms with E-state index < -0.39 is 0 Å². The van der Waals surface area contributed by atoms with Crippen molar-refractivity contribution in [1.29, 1.82) is 0 Å². The molecule has 2 aromatic rings. The van der Waals surface area contributed by atoms with Gasteiger partial charge in [-0.1, -0.05) is 12.1 Å². The van der Waals surface area contributed by atoms with Crippen LogP contribution >= 0.6 is 0 Å². The number of rotatable bonds is 9. The summed E-state index contributed by atoms with van der Waals surface area (Å²) in [7, 11) is 0. The Kier molecular flexibility index (Phi) is 7.07. The average molecular weight is 344 g/mol. The number of hydrogen-bond acceptors (Lipinski definition) is 4. The van der Waals surface area contributed by atoms with Crippen molar-refractivity contribution in [3.63, 3.8) is 0 Å². The Morgan fingerprint density at radius 2 is 1.88 bits per heavy atom. The lowest BCUT2D eigenvalue weighted by molar-refractivity contribution is -0.121. The zero-order chi connectivity index (χ0) is 18.1. The molecule has 2 amide bonds. The molecule has 0 aliphatic carbocycles. The molecule has 0 radical (unpaired) electrons. The summed E-state index contributed by atoms with van der Waals surface area (Å²) in [6.45, 7) is 4.85. The van der Waals surface area contributed by atoms with Crippen LogP contribution in [0.3, 0.4) is 0 Å². The lowest BCUT2D eigenvalue weighted by Gasteiger charge is -2.10. The zero-order valence-electron chi connectivity index (χ0n) is 14.6. The number of carbonyl (C=O) groups is 2. The molecule has 1 aromatic heterocycles. The number of ether oxygens (including phenoxy) is 1. The molecular formula is C19H24N2O4. The van der Waals surface area contributed by atoms with Gasteiger partial charge in [-0.05, 0) is 50.1 Å². The molecule has 0 spiro atoms. The fourth-order valence-corrected chi connectivity index (χ4v) is 2.19. The summed E-state index contributed by atoms with van der Waals surface area (Å²) in [5, 5.41) is 5.57. The molecule has 0 fully saturated rings. The van der Waals surface area contributed by atoms with Crippen LogP contribution in [0.5, 0.6) is 5.75 Å². The van der Waals surface area contributed by atoms with E-state index in [0.717, 1.165) is 11.3 Å². The lowest BCUT2D eigenvalue weighted by atomic mass is 10.2. The fraction of sp³-hybridized carbons (Fsp3) is 0.368. The van der Waals surface area contributed by atoms with Gasteiger partial charge in [0.2, 0.25) is 5.91 Å². The molecule has 2 N–H and O–H groups in total. The second-order valence-corrected chi connectivity index (χ2v) is 5.92. The Morgan fingerprint density at radius 3 is 2.52 bits per heavy atom. The summed E-state index contributed by atoms with van der Waals surface area (Å²) in [5.74, 6) is 0.774. The molecule has 1 heterocycles. The van der Waals surface area contributed by atoms with Crippen molar-refractivity contribution >= 4 is 11.8 Å². The van der Waals surface area contributed by atoms with Crippen LogP contribution in [0.15, 0.2) is 47.1 Å². The van der Waals surface area contributed by atoms with E-state index in [0.29, 0.717) is 25.9 Å². The van der Waals surface area contributed by atoms with Crippen molar-refractivity contribution < 1.29 is 18.7 Å². The number of furan rings is 1. The van der Waals surface area contributed by atoms with Gasteiger partial charge in [0.15, 0.2) is 5.76 Å². The molecule has 0 bridgehead atoms. The Hall–Kier alpha value is -2.76. The maximum atomic E-state index is 11.8. The molecule has 6 nitrogen and oxygen atoms in total. The number of carbonyl (C=O) groups excluding carboxylic acids is 2. The minimum absolute atomic E-state index is 0.0465. The molecule has 0 atom stereocenters. The van der Waals surface area contributed by atoms with E-state index in [9.17, 15) is 9.59 Å². The van der Waals surface area contributed by atoms with Gasteiger partial charge in [0.05, 0.1) is 12.4 Å². The summed E-state index contributed by atoms with van der Waals surface area (Å²) in [4.78, 5) is 23.5. The highest BCUT2D eigenvalue weighted by molar-refractivity contribution is 5.91. The van der Waals surface area contributed by atoms with Crippen LogP contribution in [0.25, 0.3) is 0 Å². The second-order valence-electron chi connectivity index (χ2n) is 5.92. The first-order valence-corrected chi connectivity index (χ1v) is 8.38. The van der Waals surface area contributed by atoms with E-state index in [1.165, 1.54) is 6.26 Å². The maximum absolute atomic E-state index is 11.8. The predicted molar refractivity (Wildman–Crippen MR) is 94.3 cm³/mol. The lowest BCUT2D eigenvalue weighted by Crippen LogP contribution is -2.27. The Labute approximate surface area is 147 Å². The molecule has 6 heteroatoms. The predicted octanol–water partition coefficient (Wildman–Crippen LogP) is 2.89. The second kappa shape index (κ2) is 9.52. The highest BCUT2D eigenvalue weighted by Crippen LogP contribution is 2.13. The molecule has 0 aliphatic rings. The summed E-state index contributed by atoms with van der Waals surface area (Å²) in [6.07, 6.45) is 2.51. The van der Waals surface area contributed by atoms with E-state index in [4.69, 9.17) is 9.15 Å². The summed E-state index contributed by atoms with van der Waals surface area (Å²) >= 11 is 0. The third-order valence-electron chi connectivity index (χ3n) is 3.40. The van der Waals surface area contributed by atoms with Gasteiger partial charge in [0.1, 0.15) is 5.75 Å². The molecule has 0 aliphatic heterocycles. The van der Waals surface area contributed by atoms with Gasteiger partial charge in [-0.3, -0.25) is 9.59 Å². The van der Waals surface area contributed by atoms with Crippen molar-refractivity contribution in [2.45, 2.75) is 39.3 Å². The molecule has 134 valence electrons. The Balaban J connectivity index is 1.61. The van der Waals surface area contributed by atoms with Crippen LogP contribution < -0.4 is 15.4 Å². The van der Waals surface area contributed by atoms with Crippen LogP contribution in [0, 0.1) is 0 Å². The molecule has 25 heavy (non-hydrogen) atoms. The monoisotopic (exact) mass is 344 g/mol. The first-order valence-electron chi connectivity index (χ1n) is 8.38. The van der Waals surface area contributed by atoms with E-state index in [1.807, 2.05) is 38.1 Å². The number of benzene rings is 1. The standard InChI is InChI=1S/C19H24N2O4/c1-14(2)25-16-9-7-15(8-10-16)13-21-18(22)6-3-11-20-19(23)17-5-4-12-24-17/h4-5,7-10,12,14H,3,6,11,13H2,1-2H3,(H,20,23)(H,21,22).